The number of anilines is 1. The maximum atomic E-state index is 12.1. The van der Waals surface area contributed by atoms with Crippen molar-refractivity contribution < 1.29 is 19.1 Å². The molecule has 148 valence electrons. The van der Waals surface area contributed by atoms with E-state index in [1.54, 1.807) is 6.07 Å². The van der Waals surface area contributed by atoms with Crippen molar-refractivity contribution in [3.63, 3.8) is 0 Å². The van der Waals surface area contributed by atoms with Gasteiger partial charge in [0.05, 0.1) is 21.3 Å². The molecular weight excluding hydrogens is 470 g/mol. The summed E-state index contributed by atoms with van der Waals surface area (Å²) in [5, 5.41) is 31.9. The molecule has 0 atom stereocenters. The van der Waals surface area contributed by atoms with Crippen molar-refractivity contribution in [2.75, 3.05) is 11.1 Å². The van der Waals surface area contributed by atoms with E-state index in [1.165, 1.54) is 36.4 Å². The molecule has 13 heteroatoms. The van der Waals surface area contributed by atoms with Gasteiger partial charge in [0.15, 0.2) is 0 Å². The average molecular weight is 480 g/mol. The summed E-state index contributed by atoms with van der Waals surface area (Å²) in [5.41, 5.74) is 0.550. The number of hydrogen-bond donors (Lipinski definition) is 1. The summed E-state index contributed by atoms with van der Waals surface area (Å²) >= 11 is 4.15. The highest BCUT2D eigenvalue weighted by molar-refractivity contribution is 9.10. The Morgan fingerprint density at radius 1 is 1.10 bits per heavy atom. The predicted octanol–water partition coefficient (Wildman–Crippen LogP) is 4.05. The first-order valence-corrected chi connectivity index (χ1v) is 9.56. The van der Waals surface area contributed by atoms with Crippen molar-refractivity contribution in [1.82, 2.24) is 10.2 Å². The average Bonchev–Trinajstić information content (AvgIpc) is 3.17. The Labute approximate surface area is 174 Å². The number of nitrogens with zero attached hydrogens (tertiary/aromatic N) is 4. The van der Waals surface area contributed by atoms with Crippen LogP contribution in [0.5, 0.6) is 0 Å². The van der Waals surface area contributed by atoms with E-state index < -0.39 is 9.85 Å². The molecule has 0 spiro atoms. The van der Waals surface area contributed by atoms with E-state index in [1.807, 2.05) is 0 Å². The van der Waals surface area contributed by atoms with E-state index in [2.05, 4.69) is 31.4 Å². The summed E-state index contributed by atoms with van der Waals surface area (Å²) in [5.74, 6) is -0.352. The highest BCUT2D eigenvalue weighted by Gasteiger charge is 2.15. The number of nitro benzene ring substituents is 2. The van der Waals surface area contributed by atoms with Crippen LogP contribution in [0, 0.1) is 20.2 Å². The molecule has 3 rings (SSSR count). The SMILES string of the molecule is O=C(CSc1nnc(-c2cccc([N+](=O)[O-])c2)o1)Nc1ccc([N+](=O)[O-])cc1Br. The molecule has 1 heterocycles. The van der Waals surface area contributed by atoms with Crippen molar-refractivity contribution in [2.24, 2.45) is 0 Å². The summed E-state index contributed by atoms with van der Waals surface area (Å²) in [4.78, 5) is 32.6. The largest absolute Gasteiger partial charge is 0.411 e. The molecule has 0 aliphatic heterocycles. The van der Waals surface area contributed by atoms with Crippen LogP contribution in [-0.4, -0.2) is 31.7 Å². The fraction of sp³-hybridized carbons (Fsp3) is 0.0625. The number of hydrogen-bond acceptors (Lipinski definition) is 9. The Hall–Kier alpha value is -3.32. The zero-order valence-electron chi connectivity index (χ0n) is 14.3. The first-order valence-electron chi connectivity index (χ1n) is 7.78. The number of non-ortho nitro benzene ring substituents is 2. The number of benzene rings is 2. The molecule has 1 N–H and O–H groups in total. The van der Waals surface area contributed by atoms with Crippen LogP contribution in [0.4, 0.5) is 17.1 Å². The van der Waals surface area contributed by atoms with E-state index in [0.29, 0.717) is 15.7 Å². The van der Waals surface area contributed by atoms with E-state index in [-0.39, 0.29) is 34.1 Å². The molecule has 0 fully saturated rings. The summed E-state index contributed by atoms with van der Waals surface area (Å²) in [6.07, 6.45) is 0. The molecule has 11 nitrogen and oxygen atoms in total. The Kier molecular flexibility index (Phi) is 6.19. The second-order valence-corrected chi connectivity index (χ2v) is 7.22. The lowest BCUT2D eigenvalue weighted by molar-refractivity contribution is -0.385. The van der Waals surface area contributed by atoms with Gasteiger partial charge in [-0.2, -0.15) is 0 Å². The van der Waals surface area contributed by atoms with Crippen molar-refractivity contribution >= 4 is 50.7 Å². The maximum Gasteiger partial charge on any atom is 0.277 e. The number of nitro groups is 2. The molecule has 0 aliphatic rings. The van der Waals surface area contributed by atoms with E-state index in [0.717, 1.165) is 11.8 Å². The lowest BCUT2D eigenvalue weighted by Gasteiger charge is -2.06. The molecule has 1 aromatic heterocycles. The normalized spacial score (nSPS) is 10.5. The van der Waals surface area contributed by atoms with Gasteiger partial charge in [-0.25, -0.2) is 0 Å². The molecule has 0 bridgehead atoms. The number of thioether (sulfide) groups is 1. The van der Waals surface area contributed by atoms with E-state index in [4.69, 9.17) is 4.42 Å². The van der Waals surface area contributed by atoms with Crippen LogP contribution in [-0.2, 0) is 4.79 Å². The zero-order chi connectivity index (χ0) is 21.0. The van der Waals surface area contributed by atoms with Crippen molar-refractivity contribution in [2.45, 2.75) is 5.22 Å². The third-order valence-corrected chi connectivity index (χ3v) is 4.95. The van der Waals surface area contributed by atoms with Crippen LogP contribution in [0.2, 0.25) is 0 Å². The highest BCUT2D eigenvalue weighted by Crippen LogP contribution is 2.28. The van der Waals surface area contributed by atoms with Crippen LogP contribution >= 0.6 is 27.7 Å². The number of aromatic nitrogens is 2. The third kappa shape index (κ3) is 5.14. The van der Waals surface area contributed by atoms with Gasteiger partial charge in [-0.15, -0.1) is 10.2 Å². The van der Waals surface area contributed by atoms with Gasteiger partial charge in [0.25, 0.3) is 16.6 Å². The Bertz CT molecular complexity index is 1100. The maximum absolute atomic E-state index is 12.1. The number of halogens is 1. The van der Waals surface area contributed by atoms with E-state index >= 15 is 0 Å². The van der Waals surface area contributed by atoms with Gasteiger partial charge in [0.1, 0.15) is 0 Å². The molecular formula is C16H10BrN5O6S. The lowest BCUT2D eigenvalue weighted by Crippen LogP contribution is -2.14. The molecule has 0 aliphatic carbocycles. The van der Waals surface area contributed by atoms with Crippen molar-refractivity contribution in [3.05, 3.63) is 67.2 Å². The molecule has 0 unspecified atom stereocenters. The summed E-state index contributed by atoms with van der Waals surface area (Å²) in [7, 11) is 0. The van der Waals surface area contributed by atoms with Crippen LogP contribution in [0.1, 0.15) is 0 Å². The van der Waals surface area contributed by atoms with Crippen LogP contribution in [0.15, 0.2) is 56.6 Å². The predicted molar refractivity (Wildman–Crippen MR) is 107 cm³/mol. The minimum Gasteiger partial charge on any atom is -0.411 e. The number of carbonyl (C=O) groups is 1. The molecule has 0 radical (unpaired) electrons. The minimum atomic E-state index is -0.541. The molecule has 2 aromatic carbocycles. The van der Waals surface area contributed by atoms with Gasteiger partial charge in [0, 0.05) is 34.3 Å². The fourth-order valence-corrected chi connectivity index (χ4v) is 3.20. The highest BCUT2D eigenvalue weighted by atomic mass is 79.9. The lowest BCUT2D eigenvalue weighted by atomic mass is 10.2. The molecule has 3 aromatic rings. The molecule has 29 heavy (non-hydrogen) atoms. The standard InChI is InChI=1S/C16H10BrN5O6S/c17-12-7-11(22(26)27)4-5-13(12)18-14(23)8-29-16-20-19-15(28-16)9-2-1-3-10(6-9)21(24)25/h1-7H,8H2,(H,18,23). The van der Waals surface area contributed by atoms with Crippen molar-refractivity contribution in [1.29, 1.82) is 0 Å². The minimum absolute atomic E-state index is 0.0556. The third-order valence-electron chi connectivity index (χ3n) is 3.47. The Morgan fingerprint density at radius 3 is 2.52 bits per heavy atom. The number of carbonyl (C=O) groups excluding carboxylic acids is 1. The van der Waals surface area contributed by atoms with Crippen LogP contribution < -0.4 is 5.32 Å². The van der Waals surface area contributed by atoms with Gasteiger partial charge in [-0.1, -0.05) is 17.8 Å². The first kappa shape index (κ1) is 20.4. The second kappa shape index (κ2) is 8.79. The van der Waals surface area contributed by atoms with Gasteiger partial charge in [-0.3, -0.25) is 25.0 Å². The molecule has 0 saturated heterocycles. The number of rotatable bonds is 7. The zero-order valence-corrected chi connectivity index (χ0v) is 16.7. The van der Waals surface area contributed by atoms with Crippen LogP contribution in [0.25, 0.3) is 11.5 Å². The van der Waals surface area contributed by atoms with Crippen LogP contribution in [0.3, 0.4) is 0 Å². The van der Waals surface area contributed by atoms with Gasteiger partial charge in [0.2, 0.25) is 11.8 Å². The quantitative estimate of drug-likeness (QED) is 0.300. The van der Waals surface area contributed by atoms with Gasteiger partial charge < -0.3 is 9.73 Å². The fourth-order valence-electron chi connectivity index (χ4n) is 2.17. The molecule has 0 saturated carbocycles. The number of amides is 1. The van der Waals surface area contributed by atoms with Crippen molar-refractivity contribution in [3.8, 4) is 11.5 Å². The monoisotopic (exact) mass is 479 g/mol. The number of nitrogens with one attached hydrogen (secondary N) is 1. The summed E-state index contributed by atoms with van der Waals surface area (Å²) < 4.78 is 5.80. The smallest absolute Gasteiger partial charge is 0.277 e. The van der Waals surface area contributed by atoms with Gasteiger partial charge >= 0.3 is 0 Å². The molecule has 1 amide bonds. The summed E-state index contributed by atoms with van der Waals surface area (Å²) in [6.45, 7) is 0. The Balaban J connectivity index is 1.61. The first-order chi connectivity index (χ1) is 13.8. The summed E-state index contributed by atoms with van der Waals surface area (Å²) in [6, 6.07) is 9.71. The Morgan fingerprint density at radius 2 is 1.83 bits per heavy atom. The second-order valence-electron chi connectivity index (χ2n) is 5.44. The van der Waals surface area contributed by atoms with E-state index in [9.17, 15) is 25.0 Å². The van der Waals surface area contributed by atoms with Gasteiger partial charge in [-0.05, 0) is 28.1 Å². The topological polar surface area (TPSA) is 154 Å².